The van der Waals surface area contributed by atoms with Crippen molar-refractivity contribution in [1.82, 2.24) is 0 Å². The Morgan fingerprint density at radius 2 is 1.14 bits per heavy atom. The molecule has 0 aromatic rings. The number of hydrogen-bond donors (Lipinski definition) is 1. The first-order valence-corrected chi connectivity index (χ1v) is 14.4. The fourth-order valence-electron chi connectivity index (χ4n) is 5.33. The normalized spacial score (nSPS) is 18.0. The Morgan fingerprint density at radius 1 is 0.759 bits per heavy atom. The third kappa shape index (κ3) is 9.97. The summed E-state index contributed by atoms with van der Waals surface area (Å²) in [7, 11) is 1.91. The highest BCUT2D eigenvalue weighted by molar-refractivity contribution is 6.70. The molecule has 0 saturated heterocycles. The van der Waals surface area contributed by atoms with E-state index in [1.165, 1.54) is 96.3 Å². The maximum Gasteiger partial charge on any atom is 0.344 e. The SMILES string of the molecule is CCCCCCCCCCCC(=O)O.CO[Si](OC)(C1CCCC1)C1CCCC1. The van der Waals surface area contributed by atoms with Gasteiger partial charge >= 0.3 is 14.5 Å². The van der Waals surface area contributed by atoms with Gasteiger partial charge < -0.3 is 14.0 Å². The minimum Gasteiger partial charge on any atom is -0.481 e. The van der Waals surface area contributed by atoms with Crippen LogP contribution in [0.1, 0.15) is 122 Å². The zero-order chi connectivity index (χ0) is 21.4. The molecule has 2 aliphatic rings. The molecule has 2 saturated carbocycles. The molecule has 2 fully saturated rings. The Labute approximate surface area is 181 Å². The molecule has 29 heavy (non-hydrogen) atoms. The fourth-order valence-corrected chi connectivity index (χ4v) is 9.92. The molecular weight excluding hydrogens is 380 g/mol. The van der Waals surface area contributed by atoms with Crippen LogP contribution in [0.25, 0.3) is 0 Å². The maximum absolute atomic E-state index is 10.2. The lowest BCUT2D eigenvalue weighted by atomic mass is 10.1. The smallest absolute Gasteiger partial charge is 0.344 e. The molecular formula is C24H48O4Si. The zero-order valence-corrected chi connectivity index (χ0v) is 20.6. The summed E-state index contributed by atoms with van der Waals surface area (Å²) in [6.07, 6.45) is 22.4. The summed E-state index contributed by atoms with van der Waals surface area (Å²) in [5.74, 6) is -0.659. The number of carboxylic acid groups (broad SMARTS) is 1. The van der Waals surface area contributed by atoms with Gasteiger partial charge in [0.05, 0.1) is 0 Å². The molecule has 0 aromatic heterocycles. The molecule has 0 atom stereocenters. The summed E-state index contributed by atoms with van der Waals surface area (Å²) in [4.78, 5) is 10.2. The molecule has 4 nitrogen and oxygen atoms in total. The fraction of sp³-hybridized carbons (Fsp3) is 0.958. The van der Waals surface area contributed by atoms with Crippen molar-refractivity contribution in [2.24, 2.45) is 0 Å². The summed E-state index contributed by atoms with van der Waals surface area (Å²) >= 11 is 0. The van der Waals surface area contributed by atoms with Crippen LogP contribution in [0, 0.1) is 0 Å². The van der Waals surface area contributed by atoms with E-state index in [1.54, 1.807) is 0 Å². The monoisotopic (exact) mass is 428 g/mol. The van der Waals surface area contributed by atoms with Crippen molar-refractivity contribution in [1.29, 1.82) is 0 Å². The molecule has 2 aliphatic carbocycles. The van der Waals surface area contributed by atoms with Gasteiger partial charge in [-0.1, -0.05) is 84.0 Å². The van der Waals surface area contributed by atoms with Crippen molar-refractivity contribution in [3.05, 3.63) is 0 Å². The van der Waals surface area contributed by atoms with Gasteiger partial charge in [-0.15, -0.1) is 0 Å². The van der Waals surface area contributed by atoms with Crippen LogP contribution in [0.2, 0.25) is 11.1 Å². The van der Waals surface area contributed by atoms with E-state index >= 15 is 0 Å². The largest absolute Gasteiger partial charge is 0.481 e. The zero-order valence-electron chi connectivity index (χ0n) is 19.6. The van der Waals surface area contributed by atoms with Crippen molar-refractivity contribution >= 4 is 14.5 Å². The molecule has 0 spiro atoms. The number of aliphatic carboxylic acids is 1. The van der Waals surface area contributed by atoms with E-state index < -0.39 is 14.5 Å². The number of rotatable bonds is 14. The number of carboxylic acids is 1. The van der Waals surface area contributed by atoms with Gasteiger partial charge in [0.25, 0.3) is 0 Å². The molecule has 0 amide bonds. The third-order valence-electron chi connectivity index (χ3n) is 6.98. The molecule has 0 unspecified atom stereocenters. The van der Waals surface area contributed by atoms with Crippen LogP contribution in [-0.4, -0.2) is 33.9 Å². The Kier molecular flexibility index (Phi) is 15.0. The number of hydrogen-bond acceptors (Lipinski definition) is 3. The number of carbonyl (C=O) groups is 1. The Hall–Kier alpha value is -0.393. The Morgan fingerprint density at radius 3 is 1.48 bits per heavy atom. The van der Waals surface area contributed by atoms with E-state index in [-0.39, 0.29) is 0 Å². The van der Waals surface area contributed by atoms with Crippen molar-refractivity contribution in [2.45, 2.75) is 134 Å². The second kappa shape index (κ2) is 16.3. The highest BCUT2D eigenvalue weighted by Crippen LogP contribution is 2.50. The van der Waals surface area contributed by atoms with Gasteiger partial charge in [0.1, 0.15) is 0 Å². The van der Waals surface area contributed by atoms with E-state index in [0.717, 1.165) is 23.9 Å². The second-order valence-corrected chi connectivity index (χ2v) is 13.0. The van der Waals surface area contributed by atoms with E-state index in [2.05, 4.69) is 6.92 Å². The first-order chi connectivity index (χ1) is 14.1. The Balaban J connectivity index is 0.000000291. The minimum absolute atomic E-state index is 0.343. The van der Waals surface area contributed by atoms with Crippen molar-refractivity contribution < 1.29 is 18.8 Å². The summed E-state index contributed by atoms with van der Waals surface area (Å²) in [5.41, 5.74) is 1.55. The molecule has 5 heteroatoms. The highest BCUT2D eigenvalue weighted by atomic mass is 28.4. The van der Waals surface area contributed by atoms with Crippen LogP contribution in [0.4, 0.5) is 0 Å². The quantitative estimate of drug-likeness (QED) is 0.228. The lowest BCUT2D eigenvalue weighted by Crippen LogP contribution is -2.48. The summed E-state index contributed by atoms with van der Waals surface area (Å²) in [6.45, 7) is 2.23. The van der Waals surface area contributed by atoms with Crippen LogP contribution in [0.3, 0.4) is 0 Å². The molecule has 0 aliphatic heterocycles. The van der Waals surface area contributed by atoms with Crippen molar-refractivity contribution in [3.8, 4) is 0 Å². The molecule has 0 radical (unpaired) electrons. The van der Waals surface area contributed by atoms with Crippen LogP contribution in [0.15, 0.2) is 0 Å². The van der Waals surface area contributed by atoms with Gasteiger partial charge in [-0.25, -0.2) is 0 Å². The van der Waals surface area contributed by atoms with E-state index in [0.29, 0.717) is 6.42 Å². The first-order valence-electron chi connectivity index (χ1n) is 12.4. The lowest BCUT2D eigenvalue weighted by Gasteiger charge is -2.37. The lowest BCUT2D eigenvalue weighted by molar-refractivity contribution is -0.137. The van der Waals surface area contributed by atoms with Crippen LogP contribution >= 0.6 is 0 Å². The minimum atomic E-state index is -1.88. The summed E-state index contributed by atoms with van der Waals surface area (Å²) < 4.78 is 11.9. The average molecular weight is 429 g/mol. The third-order valence-corrected chi connectivity index (χ3v) is 11.7. The average Bonchev–Trinajstić information content (AvgIpc) is 3.44. The predicted octanol–water partition coefficient (Wildman–Crippen LogP) is 7.60. The van der Waals surface area contributed by atoms with Crippen molar-refractivity contribution in [3.63, 3.8) is 0 Å². The molecule has 0 aromatic carbocycles. The van der Waals surface area contributed by atoms with Gasteiger partial charge in [-0.3, -0.25) is 4.79 Å². The van der Waals surface area contributed by atoms with Gasteiger partial charge in [-0.05, 0) is 32.1 Å². The maximum atomic E-state index is 10.2. The van der Waals surface area contributed by atoms with Gasteiger partial charge in [0, 0.05) is 31.7 Å². The molecule has 0 heterocycles. The van der Waals surface area contributed by atoms with Crippen molar-refractivity contribution in [2.75, 3.05) is 14.2 Å². The highest BCUT2D eigenvalue weighted by Gasteiger charge is 2.52. The predicted molar refractivity (Wildman–Crippen MR) is 124 cm³/mol. The molecule has 2 rings (SSSR count). The molecule has 1 N–H and O–H groups in total. The molecule has 0 bridgehead atoms. The topological polar surface area (TPSA) is 55.8 Å². The number of unbranched alkanes of at least 4 members (excludes halogenated alkanes) is 8. The first kappa shape index (κ1) is 26.6. The van der Waals surface area contributed by atoms with E-state index in [1.807, 2.05) is 14.2 Å². The van der Waals surface area contributed by atoms with Crippen LogP contribution < -0.4 is 0 Å². The van der Waals surface area contributed by atoms with Gasteiger partial charge in [0.15, 0.2) is 0 Å². The van der Waals surface area contributed by atoms with Crippen LogP contribution in [0.5, 0.6) is 0 Å². The summed E-state index contributed by atoms with van der Waals surface area (Å²) in [6, 6.07) is 0. The van der Waals surface area contributed by atoms with Gasteiger partial charge in [0.2, 0.25) is 0 Å². The second-order valence-electron chi connectivity index (χ2n) is 9.06. The Bertz CT molecular complexity index is 382. The summed E-state index contributed by atoms with van der Waals surface area (Å²) in [5, 5.41) is 8.41. The van der Waals surface area contributed by atoms with Gasteiger partial charge in [-0.2, -0.15) is 0 Å². The standard InChI is InChI=1S/C12H24O2Si.C12H24O2/c1-13-15(14-2,11-7-3-4-8-11)12-9-5-6-10-12;1-2-3-4-5-6-7-8-9-10-11-12(13)14/h11-12H,3-10H2,1-2H3;2-11H2,1H3,(H,13,14). The van der Waals surface area contributed by atoms with Crippen LogP contribution in [-0.2, 0) is 13.6 Å². The van der Waals surface area contributed by atoms with E-state index in [4.69, 9.17) is 14.0 Å². The molecule has 172 valence electrons. The van der Waals surface area contributed by atoms with E-state index in [9.17, 15) is 4.79 Å².